The summed E-state index contributed by atoms with van der Waals surface area (Å²) in [5.74, 6) is -0.981. The van der Waals surface area contributed by atoms with Gasteiger partial charge in [-0.2, -0.15) is 0 Å². The van der Waals surface area contributed by atoms with Crippen molar-refractivity contribution >= 4 is 5.97 Å². The zero-order chi connectivity index (χ0) is 9.40. The molecule has 1 N–H and O–H groups in total. The third kappa shape index (κ3) is 22.9. The molecule has 4 heteroatoms. The van der Waals surface area contributed by atoms with E-state index in [1.165, 1.54) is 0 Å². The van der Waals surface area contributed by atoms with E-state index in [2.05, 4.69) is 18.2 Å². The summed E-state index contributed by atoms with van der Waals surface area (Å²) in [6.45, 7) is 8.00. The van der Waals surface area contributed by atoms with Crippen LogP contribution in [0.1, 0.15) is 6.92 Å². The van der Waals surface area contributed by atoms with Crippen LogP contribution in [0, 0.1) is 0 Å². The summed E-state index contributed by atoms with van der Waals surface area (Å²) in [4.78, 5) is 9.25. The third-order valence-corrected chi connectivity index (χ3v) is 0.879. The van der Waals surface area contributed by atoms with Gasteiger partial charge in [0, 0.05) is 6.08 Å². The first-order valence-electron chi connectivity index (χ1n) is 3.71. The van der Waals surface area contributed by atoms with Crippen LogP contribution in [0.25, 0.3) is 0 Å². The lowest BCUT2D eigenvalue weighted by molar-refractivity contribution is -0.131. The van der Waals surface area contributed by atoms with E-state index >= 15 is 0 Å². The first-order valence-corrected chi connectivity index (χ1v) is 3.71. The van der Waals surface area contributed by atoms with E-state index in [4.69, 9.17) is 9.84 Å². The lowest BCUT2D eigenvalue weighted by Crippen LogP contribution is -1.82. The summed E-state index contributed by atoms with van der Waals surface area (Å²) in [7, 11) is 0. The van der Waals surface area contributed by atoms with E-state index < -0.39 is 5.97 Å². The Hall–Kier alpha value is -0.870. The molecule has 2 aliphatic rings. The minimum absolute atomic E-state index is 0.583. The van der Waals surface area contributed by atoms with Crippen LogP contribution >= 0.6 is 0 Å². The number of aliphatic carboxylic acids is 1. The van der Waals surface area contributed by atoms with Crippen molar-refractivity contribution in [3.63, 3.8) is 0 Å². The molecule has 2 rings (SSSR count). The van der Waals surface area contributed by atoms with Crippen LogP contribution in [-0.4, -0.2) is 37.0 Å². The van der Waals surface area contributed by atoms with Crippen LogP contribution in [0.4, 0.5) is 0 Å². The Kier molecular flexibility index (Phi) is 6.32. The molecule has 4 nitrogen and oxygen atoms in total. The van der Waals surface area contributed by atoms with Crippen LogP contribution in [0.2, 0.25) is 0 Å². The molecule has 0 aromatic heterocycles. The number of carboxylic acids is 1. The second kappa shape index (κ2) is 6.82. The van der Waals surface area contributed by atoms with Crippen molar-refractivity contribution < 1.29 is 19.4 Å². The summed E-state index contributed by atoms with van der Waals surface area (Å²) < 4.78 is 9.21. The number of rotatable bonds is 1. The van der Waals surface area contributed by atoms with Crippen LogP contribution in [0.15, 0.2) is 12.7 Å². The molecular weight excluding hydrogens is 160 g/mol. The average Bonchev–Trinajstić information content (AvgIpc) is 2.83. The summed E-state index contributed by atoms with van der Waals surface area (Å²) in [6, 6.07) is 0. The second-order valence-electron chi connectivity index (χ2n) is 2.30. The van der Waals surface area contributed by atoms with Crippen LogP contribution < -0.4 is 0 Å². The van der Waals surface area contributed by atoms with Crippen molar-refractivity contribution in [1.82, 2.24) is 0 Å². The van der Waals surface area contributed by atoms with Gasteiger partial charge in [0.15, 0.2) is 0 Å². The Labute approximate surface area is 71.8 Å². The fourth-order valence-corrected chi connectivity index (χ4v) is 0.0962. The molecule has 0 amide bonds. The highest BCUT2D eigenvalue weighted by Gasteiger charge is 2.13. The lowest BCUT2D eigenvalue weighted by atomic mass is 10.6. The first-order chi connectivity index (χ1) is 5.66. The molecule has 0 aliphatic carbocycles. The molecule has 0 aromatic carbocycles. The van der Waals surface area contributed by atoms with Crippen molar-refractivity contribution in [3.8, 4) is 0 Å². The molecule has 1 atom stereocenters. The van der Waals surface area contributed by atoms with Gasteiger partial charge in [-0.25, -0.2) is 4.79 Å². The van der Waals surface area contributed by atoms with Crippen LogP contribution in [0.3, 0.4) is 0 Å². The smallest absolute Gasteiger partial charge is 0.327 e. The Balaban J connectivity index is 0.000000155. The highest BCUT2D eigenvalue weighted by Crippen LogP contribution is 2.04. The number of hydrogen-bond acceptors (Lipinski definition) is 3. The van der Waals surface area contributed by atoms with Crippen molar-refractivity contribution in [1.29, 1.82) is 0 Å². The Morgan fingerprint density at radius 2 is 1.92 bits per heavy atom. The molecule has 1 unspecified atom stereocenters. The molecule has 2 saturated heterocycles. The summed E-state index contributed by atoms with van der Waals surface area (Å²) in [5.41, 5.74) is 0. The molecule has 12 heavy (non-hydrogen) atoms. The van der Waals surface area contributed by atoms with Crippen LogP contribution in [-0.2, 0) is 14.3 Å². The Morgan fingerprint density at radius 1 is 1.67 bits per heavy atom. The van der Waals surface area contributed by atoms with E-state index in [9.17, 15) is 4.79 Å². The molecule has 2 heterocycles. The maximum absolute atomic E-state index is 9.25. The lowest BCUT2D eigenvalue weighted by Gasteiger charge is -1.64. The first kappa shape index (κ1) is 11.1. The van der Waals surface area contributed by atoms with Crippen molar-refractivity contribution in [2.45, 2.75) is 13.0 Å². The summed E-state index contributed by atoms with van der Waals surface area (Å²) >= 11 is 0. The maximum atomic E-state index is 9.25. The molecule has 70 valence electrons. The monoisotopic (exact) mass is 174 g/mol. The van der Waals surface area contributed by atoms with Crippen molar-refractivity contribution in [2.75, 3.05) is 19.8 Å². The van der Waals surface area contributed by atoms with Gasteiger partial charge in [0.25, 0.3) is 0 Å². The molecule has 2 aliphatic heterocycles. The maximum Gasteiger partial charge on any atom is 0.327 e. The number of carboxylic acid groups (broad SMARTS) is 1. The largest absolute Gasteiger partial charge is 0.478 e. The topological polar surface area (TPSA) is 62.4 Å². The van der Waals surface area contributed by atoms with Gasteiger partial charge in [-0.1, -0.05) is 6.58 Å². The SMILES string of the molecule is C1CO1.C=CC(=O)O.CC1CO1. The predicted molar refractivity (Wildman–Crippen MR) is 44.1 cm³/mol. The van der Waals surface area contributed by atoms with Crippen molar-refractivity contribution in [3.05, 3.63) is 12.7 Å². The molecule has 0 bridgehead atoms. The van der Waals surface area contributed by atoms with Gasteiger partial charge >= 0.3 is 5.97 Å². The standard InChI is InChI=1S/C3H4O2.C3H6O.C2H4O/c1-2-3(4)5;1-3-2-4-3;1-2-3-1/h2H,1H2,(H,4,5);3H,2H2,1H3;1-2H2. The molecule has 0 aromatic rings. The normalized spacial score (nSPS) is 21.9. The zero-order valence-electron chi connectivity index (χ0n) is 7.16. The third-order valence-electron chi connectivity index (χ3n) is 0.879. The van der Waals surface area contributed by atoms with Gasteiger partial charge in [0.05, 0.1) is 25.9 Å². The minimum atomic E-state index is -0.981. The quantitative estimate of drug-likeness (QED) is 0.469. The van der Waals surface area contributed by atoms with Gasteiger partial charge in [-0.15, -0.1) is 0 Å². The van der Waals surface area contributed by atoms with Gasteiger partial charge in [0.2, 0.25) is 0 Å². The minimum Gasteiger partial charge on any atom is -0.478 e. The van der Waals surface area contributed by atoms with Crippen LogP contribution in [0.5, 0.6) is 0 Å². The van der Waals surface area contributed by atoms with Crippen molar-refractivity contribution in [2.24, 2.45) is 0 Å². The highest BCUT2D eigenvalue weighted by atomic mass is 16.6. The fourth-order valence-electron chi connectivity index (χ4n) is 0.0962. The number of epoxide rings is 2. The molecule has 0 spiro atoms. The second-order valence-corrected chi connectivity index (χ2v) is 2.30. The molecular formula is C8H14O4. The van der Waals surface area contributed by atoms with Gasteiger partial charge in [0.1, 0.15) is 0 Å². The van der Waals surface area contributed by atoms with E-state index in [1.54, 1.807) is 0 Å². The predicted octanol–water partition coefficient (Wildman–Crippen LogP) is 0.679. The van der Waals surface area contributed by atoms with Gasteiger partial charge in [-0.05, 0) is 6.92 Å². The highest BCUT2D eigenvalue weighted by molar-refractivity contribution is 5.78. The van der Waals surface area contributed by atoms with Gasteiger partial charge < -0.3 is 14.6 Å². The number of hydrogen-bond donors (Lipinski definition) is 1. The average molecular weight is 174 g/mol. The Bertz CT molecular complexity index is 135. The summed E-state index contributed by atoms with van der Waals surface area (Å²) in [5, 5.41) is 7.60. The fraction of sp³-hybridized carbons (Fsp3) is 0.625. The van der Waals surface area contributed by atoms with E-state index in [0.29, 0.717) is 6.10 Å². The van der Waals surface area contributed by atoms with E-state index in [-0.39, 0.29) is 0 Å². The summed E-state index contributed by atoms with van der Waals surface area (Å²) in [6.07, 6.45) is 1.42. The van der Waals surface area contributed by atoms with Gasteiger partial charge in [-0.3, -0.25) is 0 Å². The number of carbonyl (C=O) groups is 1. The van der Waals surface area contributed by atoms with E-state index in [1.807, 2.05) is 0 Å². The molecule has 0 radical (unpaired) electrons. The zero-order valence-corrected chi connectivity index (χ0v) is 7.16. The molecule has 0 saturated carbocycles. The van der Waals surface area contributed by atoms with E-state index in [0.717, 1.165) is 25.9 Å². The Morgan fingerprint density at radius 3 is 1.92 bits per heavy atom. The molecule has 2 fully saturated rings. The number of ether oxygens (including phenoxy) is 2.